The van der Waals surface area contributed by atoms with Gasteiger partial charge in [-0.15, -0.1) is 0 Å². The second-order valence-electron chi connectivity index (χ2n) is 4.23. The monoisotopic (exact) mass is 305 g/mol. The standard InChI is InChI=1S/C14H15N3O5/c1-3-20-14(19)16-11-6-4-10(5-7-11)13(18)21-8-12-15-9(2)17-22-12/h4-7H,3,8H2,1-2H3,(H,16,19). The Kier molecular flexibility index (Phi) is 5.07. The van der Waals surface area contributed by atoms with Gasteiger partial charge in [-0.1, -0.05) is 5.16 Å². The van der Waals surface area contributed by atoms with E-state index < -0.39 is 12.1 Å². The number of carbonyl (C=O) groups excluding carboxylic acids is 2. The van der Waals surface area contributed by atoms with E-state index in [0.29, 0.717) is 17.1 Å². The zero-order valence-electron chi connectivity index (χ0n) is 12.2. The topological polar surface area (TPSA) is 104 Å². The van der Waals surface area contributed by atoms with Gasteiger partial charge in [0, 0.05) is 5.69 Å². The molecule has 2 rings (SSSR count). The molecule has 0 aliphatic heterocycles. The molecule has 0 aliphatic rings. The number of hydrogen-bond acceptors (Lipinski definition) is 7. The Hall–Kier alpha value is -2.90. The van der Waals surface area contributed by atoms with Gasteiger partial charge in [-0.25, -0.2) is 9.59 Å². The normalized spacial score (nSPS) is 10.1. The third kappa shape index (κ3) is 4.30. The number of nitrogens with one attached hydrogen (secondary N) is 1. The number of carbonyl (C=O) groups is 2. The zero-order chi connectivity index (χ0) is 15.9. The molecule has 8 heteroatoms. The Morgan fingerprint density at radius 2 is 1.95 bits per heavy atom. The quantitative estimate of drug-likeness (QED) is 0.845. The van der Waals surface area contributed by atoms with Crippen LogP contribution in [0.3, 0.4) is 0 Å². The Morgan fingerprint density at radius 1 is 1.23 bits per heavy atom. The summed E-state index contributed by atoms with van der Waals surface area (Å²) in [5.41, 5.74) is 0.855. The third-order valence-corrected chi connectivity index (χ3v) is 2.54. The van der Waals surface area contributed by atoms with Crippen LogP contribution in [0.2, 0.25) is 0 Å². The number of aromatic nitrogens is 2. The molecule has 2 aromatic rings. The van der Waals surface area contributed by atoms with Crippen molar-refractivity contribution in [1.82, 2.24) is 10.1 Å². The van der Waals surface area contributed by atoms with E-state index in [1.165, 1.54) is 12.1 Å². The second-order valence-corrected chi connectivity index (χ2v) is 4.23. The van der Waals surface area contributed by atoms with Crippen LogP contribution in [0.4, 0.5) is 10.5 Å². The molecule has 0 atom stereocenters. The fraction of sp³-hybridized carbons (Fsp3) is 0.286. The minimum absolute atomic E-state index is 0.0947. The van der Waals surface area contributed by atoms with Crippen molar-refractivity contribution in [3.05, 3.63) is 41.5 Å². The first-order valence-corrected chi connectivity index (χ1v) is 6.58. The summed E-state index contributed by atoms with van der Waals surface area (Å²) in [7, 11) is 0. The number of amides is 1. The van der Waals surface area contributed by atoms with Gasteiger partial charge in [-0.3, -0.25) is 5.32 Å². The summed E-state index contributed by atoms with van der Waals surface area (Å²) in [6.07, 6.45) is -0.551. The van der Waals surface area contributed by atoms with E-state index >= 15 is 0 Å². The van der Waals surface area contributed by atoms with Gasteiger partial charge < -0.3 is 14.0 Å². The van der Waals surface area contributed by atoms with Gasteiger partial charge in [0.05, 0.1) is 12.2 Å². The maximum atomic E-state index is 11.8. The van der Waals surface area contributed by atoms with Crippen molar-refractivity contribution >= 4 is 17.7 Å². The van der Waals surface area contributed by atoms with Gasteiger partial charge in [0.1, 0.15) is 0 Å². The summed E-state index contributed by atoms with van der Waals surface area (Å²) in [6, 6.07) is 6.21. The summed E-state index contributed by atoms with van der Waals surface area (Å²) >= 11 is 0. The highest BCUT2D eigenvalue weighted by molar-refractivity contribution is 5.91. The molecule has 1 aromatic carbocycles. The lowest BCUT2D eigenvalue weighted by molar-refractivity contribution is 0.0430. The molecule has 8 nitrogen and oxygen atoms in total. The first-order chi connectivity index (χ1) is 10.6. The largest absolute Gasteiger partial charge is 0.452 e. The van der Waals surface area contributed by atoms with E-state index in [0.717, 1.165) is 0 Å². The summed E-state index contributed by atoms with van der Waals surface area (Å²) in [4.78, 5) is 27.0. The van der Waals surface area contributed by atoms with Crippen LogP contribution in [0.15, 0.2) is 28.8 Å². The lowest BCUT2D eigenvalue weighted by atomic mass is 10.2. The molecule has 116 valence electrons. The number of rotatable bonds is 5. The van der Waals surface area contributed by atoms with Gasteiger partial charge in [0.15, 0.2) is 12.4 Å². The minimum Gasteiger partial charge on any atom is -0.452 e. The SMILES string of the molecule is CCOC(=O)Nc1ccc(C(=O)OCc2nc(C)no2)cc1. The molecule has 1 N–H and O–H groups in total. The number of anilines is 1. The van der Waals surface area contributed by atoms with Crippen LogP contribution in [-0.2, 0) is 16.1 Å². The molecular weight excluding hydrogens is 290 g/mol. The van der Waals surface area contributed by atoms with E-state index in [2.05, 4.69) is 15.5 Å². The fourth-order valence-corrected chi connectivity index (χ4v) is 1.58. The average molecular weight is 305 g/mol. The maximum absolute atomic E-state index is 11.8. The molecule has 0 aliphatic carbocycles. The fourth-order valence-electron chi connectivity index (χ4n) is 1.58. The van der Waals surface area contributed by atoms with Crippen molar-refractivity contribution in [3.8, 4) is 0 Å². The average Bonchev–Trinajstić information content (AvgIpc) is 2.91. The molecule has 1 heterocycles. The molecule has 0 spiro atoms. The molecule has 0 fully saturated rings. The van der Waals surface area contributed by atoms with E-state index in [4.69, 9.17) is 14.0 Å². The molecule has 0 unspecified atom stereocenters. The summed E-state index contributed by atoms with van der Waals surface area (Å²) in [5.74, 6) is 0.172. The highest BCUT2D eigenvalue weighted by Crippen LogP contribution is 2.11. The Bertz CT molecular complexity index is 651. The minimum atomic E-state index is -0.551. The number of hydrogen-bond donors (Lipinski definition) is 1. The zero-order valence-corrected chi connectivity index (χ0v) is 12.2. The first kappa shape index (κ1) is 15.5. The van der Waals surface area contributed by atoms with Crippen molar-refractivity contribution in [3.63, 3.8) is 0 Å². The van der Waals surface area contributed by atoms with Gasteiger partial charge in [-0.05, 0) is 38.1 Å². The van der Waals surface area contributed by atoms with Crippen LogP contribution >= 0.6 is 0 Å². The Balaban J connectivity index is 1.89. The lowest BCUT2D eigenvalue weighted by Gasteiger charge is -2.06. The highest BCUT2D eigenvalue weighted by Gasteiger charge is 2.11. The Morgan fingerprint density at radius 3 is 2.55 bits per heavy atom. The summed E-state index contributed by atoms with van der Waals surface area (Å²) < 4.78 is 14.6. The molecule has 0 saturated heterocycles. The number of aryl methyl sites for hydroxylation is 1. The van der Waals surface area contributed by atoms with Gasteiger partial charge in [-0.2, -0.15) is 4.98 Å². The van der Waals surface area contributed by atoms with Crippen LogP contribution in [0.25, 0.3) is 0 Å². The molecular formula is C14H15N3O5. The van der Waals surface area contributed by atoms with Crippen molar-refractivity contribution in [1.29, 1.82) is 0 Å². The van der Waals surface area contributed by atoms with Crippen LogP contribution in [0, 0.1) is 6.92 Å². The molecule has 1 aromatic heterocycles. The maximum Gasteiger partial charge on any atom is 0.411 e. The van der Waals surface area contributed by atoms with Crippen molar-refractivity contribution < 1.29 is 23.6 Å². The summed E-state index contributed by atoms with van der Waals surface area (Å²) in [6.45, 7) is 3.57. The molecule has 0 radical (unpaired) electrons. The van der Waals surface area contributed by atoms with Crippen molar-refractivity contribution in [2.24, 2.45) is 0 Å². The number of benzene rings is 1. The second kappa shape index (κ2) is 7.21. The molecule has 22 heavy (non-hydrogen) atoms. The van der Waals surface area contributed by atoms with E-state index in [-0.39, 0.29) is 19.1 Å². The number of ether oxygens (including phenoxy) is 2. The van der Waals surface area contributed by atoms with Gasteiger partial charge in [0.25, 0.3) is 5.89 Å². The van der Waals surface area contributed by atoms with Crippen molar-refractivity contribution in [2.75, 3.05) is 11.9 Å². The van der Waals surface area contributed by atoms with Crippen LogP contribution in [0.5, 0.6) is 0 Å². The van der Waals surface area contributed by atoms with E-state index in [1.54, 1.807) is 26.0 Å². The molecule has 0 bridgehead atoms. The first-order valence-electron chi connectivity index (χ1n) is 6.58. The lowest BCUT2D eigenvalue weighted by Crippen LogP contribution is -2.13. The van der Waals surface area contributed by atoms with Gasteiger partial charge in [0.2, 0.25) is 0 Å². The predicted molar refractivity (Wildman–Crippen MR) is 75.2 cm³/mol. The number of nitrogens with zero attached hydrogens (tertiary/aromatic N) is 2. The van der Waals surface area contributed by atoms with E-state index in [1.807, 2.05) is 0 Å². The van der Waals surface area contributed by atoms with E-state index in [9.17, 15) is 9.59 Å². The van der Waals surface area contributed by atoms with Crippen molar-refractivity contribution in [2.45, 2.75) is 20.5 Å². The highest BCUT2D eigenvalue weighted by atomic mass is 16.6. The third-order valence-electron chi connectivity index (χ3n) is 2.54. The Labute approximate surface area is 126 Å². The molecule has 0 saturated carbocycles. The smallest absolute Gasteiger partial charge is 0.411 e. The van der Waals surface area contributed by atoms with Crippen LogP contribution in [0.1, 0.15) is 29.0 Å². The number of esters is 1. The molecule has 1 amide bonds. The predicted octanol–water partition coefficient (Wildman–Crippen LogP) is 2.30. The van der Waals surface area contributed by atoms with Crippen LogP contribution < -0.4 is 5.32 Å². The van der Waals surface area contributed by atoms with Gasteiger partial charge >= 0.3 is 12.1 Å². The summed E-state index contributed by atoms with van der Waals surface area (Å²) in [5, 5.41) is 6.12. The van der Waals surface area contributed by atoms with Crippen LogP contribution in [-0.4, -0.2) is 28.8 Å².